The summed E-state index contributed by atoms with van der Waals surface area (Å²) in [5.74, 6) is 0.0996. The lowest BCUT2D eigenvalue weighted by Gasteiger charge is -2.20. The van der Waals surface area contributed by atoms with E-state index >= 15 is 0 Å². The molecule has 7 heteroatoms. The van der Waals surface area contributed by atoms with Gasteiger partial charge >= 0.3 is 6.61 Å². The summed E-state index contributed by atoms with van der Waals surface area (Å²) in [5.41, 5.74) is 1.49. The first-order valence-corrected chi connectivity index (χ1v) is 8.54. The molecule has 0 amide bonds. The molecule has 1 aromatic rings. The number of ether oxygens (including phenoxy) is 1. The summed E-state index contributed by atoms with van der Waals surface area (Å²) < 4.78 is 52.1. The predicted octanol–water partition coefficient (Wildman–Crippen LogP) is 2.68. The number of benzene rings is 1. The Morgan fingerprint density at radius 2 is 1.90 bits per heavy atom. The summed E-state index contributed by atoms with van der Waals surface area (Å²) in [4.78, 5) is 0. The van der Waals surface area contributed by atoms with Crippen molar-refractivity contribution in [3.63, 3.8) is 0 Å². The van der Waals surface area contributed by atoms with Crippen molar-refractivity contribution in [1.82, 2.24) is 5.32 Å². The highest BCUT2D eigenvalue weighted by molar-refractivity contribution is 7.91. The highest BCUT2D eigenvalue weighted by Gasteiger charge is 2.19. The van der Waals surface area contributed by atoms with Crippen LogP contribution in [0.4, 0.5) is 8.78 Å². The van der Waals surface area contributed by atoms with Crippen LogP contribution in [0.5, 0.6) is 5.75 Å². The maximum atomic E-state index is 12.4. The third-order valence-corrected chi connectivity index (χ3v) is 4.92. The van der Waals surface area contributed by atoms with Crippen LogP contribution in [0.25, 0.3) is 0 Å². The van der Waals surface area contributed by atoms with Crippen LogP contribution in [0.3, 0.4) is 0 Å². The number of hydrogen-bond acceptors (Lipinski definition) is 4. The number of aryl methyl sites for hydroxylation is 1. The fraction of sp³-hybridized carbons (Fsp3) is 0.571. The van der Waals surface area contributed by atoms with Gasteiger partial charge in [0.05, 0.1) is 5.25 Å². The zero-order valence-corrected chi connectivity index (χ0v) is 13.4. The molecule has 0 aromatic heterocycles. The van der Waals surface area contributed by atoms with Gasteiger partial charge in [0.1, 0.15) is 5.75 Å². The minimum absolute atomic E-state index is 0.0996. The smallest absolute Gasteiger partial charge is 0.387 e. The van der Waals surface area contributed by atoms with Crippen molar-refractivity contribution in [2.24, 2.45) is 0 Å². The van der Waals surface area contributed by atoms with Crippen LogP contribution >= 0.6 is 0 Å². The van der Waals surface area contributed by atoms with Gasteiger partial charge in [0, 0.05) is 24.4 Å². The third kappa shape index (κ3) is 5.59. The summed E-state index contributed by atoms with van der Waals surface area (Å²) >= 11 is 0. The summed E-state index contributed by atoms with van der Waals surface area (Å²) in [7, 11) is -3.13. The molecule has 0 bridgehead atoms. The number of alkyl halides is 2. The van der Waals surface area contributed by atoms with E-state index < -0.39 is 21.7 Å². The molecule has 1 rings (SSSR count). The lowest BCUT2D eigenvalue weighted by atomic mass is 10.0. The first-order valence-electron chi connectivity index (χ1n) is 6.59. The van der Waals surface area contributed by atoms with E-state index in [1.165, 1.54) is 12.3 Å². The van der Waals surface area contributed by atoms with Crippen LogP contribution in [0.2, 0.25) is 0 Å². The normalized spacial score (nSPS) is 15.0. The molecule has 0 spiro atoms. The van der Waals surface area contributed by atoms with Crippen LogP contribution in [0.1, 0.15) is 31.0 Å². The van der Waals surface area contributed by atoms with E-state index in [2.05, 4.69) is 10.1 Å². The van der Waals surface area contributed by atoms with Crippen molar-refractivity contribution in [1.29, 1.82) is 0 Å². The van der Waals surface area contributed by atoms with Crippen LogP contribution in [0, 0.1) is 6.92 Å². The van der Waals surface area contributed by atoms with E-state index in [-0.39, 0.29) is 18.3 Å². The molecule has 2 unspecified atom stereocenters. The first kappa shape index (κ1) is 17.8. The molecule has 0 aliphatic carbocycles. The van der Waals surface area contributed by atoms with Gasteiger partial charge in [-0.15, -0.1) is 0 Å². The largest absolute Gasteiger partial charge is 0.434 e. The Kier molecular flexibility index (Phi) is 6.10. The zero-order valence-electron chi connectivity index (χ0n) is 12.6. The van der Waals surface area contributed by atoms with E-state index in [1.807, 2.05) is 6.92 Å². The highest BCUT2D eigenvalue weighted by Crippen LogP contribution is 2.27. The standard InChI is InChI=1S/C14H21F2NO3S/c1-9-5-6-13(20-14(15)16)12(7-9)11(3)17-8-10(2)21(4,18)19/h5-7,10-11,14,17H,8H2,1-4H3. The molecule has 0 aliphatic heterocycles. The highest BCUT2D eigenvalue weighted by atomic mass is 32.2. The molecule has 2 atom stereocenters. The summed E-state index contributed by atoms with van der Waals surface area (Å²) in [6, 6.07) is 4.63. The number of sulfone groups is 1. The van der Waals surface area contributed by atoms with Gasteiger partial charge in [0.15, 0.2) is 9.84 Å². The zero-order chi connectivity index (χ0) is 16.2. The summed E-state index contributed by atoms with van der Waals surface area (Å²) in [5, 5.41) is 2.49. The van der Waals surface area contributed by atoms with Crippen molar-refractivity contribution in [2.75, 3.05) is 12.8 Å². The number of halogens is 2. The van der Waals surface area contributed by atoms with Gasteiger partial charge in [-0.05, 0) is 26.8 Å². The van der Waals surface area contributed by atoms with Gasteiger partial charge in [-0.1, -0.05) is 17.7 Å². The molecule has 21 heavy (non-hydrogen) atoms. The maximum Gasteiger partial charge on any atom is 0.387 e. The van der Waals surface area contributed by atoms with Gasteiger partial charge in [-0.3, -0.25) is 0 Å². The molecule has 120 valence electrons. The second-order valence-electron chi connectivity index (χ2n) is 5.19. The third-order valence-electron chi connectivity index (χ3n) is 3.29. The Morgan fingerprint density at radius 3 is 2.43 bits per heavy atom. The minimum atomic E-state index is -3.13. The van der Waals surface area contributed by atoms with Crippen molar-refractivity contribution >= 4 is 9.84 Å². The van der Waals surface area contributed by atoms with Gasteiger partial charge in [-0.25, -0.2) is 8.42 Å². The van der Waals surface area contributed by atoms with Gasteiger partial charge in [-0.2, -0.15) is 8.78 Å². The number of rotatable bonds is 7. The van der Waals surface area contributed by atoms with Crippen molar-refractivity contribution in [3.05, 3.63) is 29.3 Å². The molecule has 0 aliphatic rings. The van der Waals surface area contributed by atoms with Gasteiger partial charge < -0.3 is 10.1 Å². The molecule has 0 saturated carbocycles. The lowest BCUT2D eigenvalue weighted by molar-refractivity contribution is -0.0506. The van der Waals surface area contributed by atoms with E-state index in [1.54, 1.807) is 26.0 Å². The second-order valence-corrected chi connectivity index (χ2v) is 7.65. The Morgan fingerprint density at radius 1 is 1.29 bits per heavy atom. The lowest BCUT2D eigenvalue weighted by Crippen LogP contribution is -2.32. The fourth-order valence-corrected chi connectivity index (χ4v) is 2.21. The van der Waals surface area contributed by atoms with Crippen molar-refractivity contribution in [2.45, 2.75) is 38.7 Å². The molecular weight excluding hydrogens is 300 g/mol. The Hall–Kier alpha value is -1.21. The average Bonchev–Trinajstić information content (AvgIpc) is 2.35. The molecule has 1 aromatic carbocycles. The Balaban J connectivity index is 2.86. The van der Waals surface area contributed by atoms with Crippen LogP contribution in [-0.4, -0.2) is 33.1 Å². The molecule has 0 radical (unpaired) electrons. The number of hydrogen-bond donors (Lipinski definition) is 1. The molecule has 0 heterocycles. The molecule has 4 nitrogen and oxygen atoms in total. The van der Waals surface area contributed by atoms with E-state index in [0.29, 0.717) is 5.56 Å². The van der Waals surface area contributed by atoms with Crippen molar-refractivity contribution in [3.8, 4) is 5.75 Å². The molecular formula is C14H21F2NO3S. The average molecular weight is 321 g/mol. The number of nitrogens with one attached hydrogen (secondary N) is 1. The first-order chi connectivity index (χ1) is 9.61. The van der Waals surface area contributed by atoms with E-state index in [9.17, 15) is 17.2 Å². The second kappa shape index (κ2) is 7.17. The maximum absolute atomic E-state index is 12.4. The van der Waals surface area contributed by atoms with Crippen LogP contribution < -0.4 is 10.1 Å². The van der Waals surface area contributed by atoms with Crippen LogP contribution in [-0.2, 0) is 9.84 Å². The quantitative estimate of drug-likeness (QED) is 0.839. The van der Waals surface area contributed by atoms with Gasteiger partial charge in [0.2, 0.25) is 0 Å². The van der Waals surface area contributed by atoms with Gasteiger partial charge in [0.25, 0.3) is 0 Å². The fourth-order valence-electron chi connectivity index (χ4n) is 1.81. The molecule has 1 N–H and O–H groups in total. The van der Waals surface area contributed by atoms with E-state index in [4.69, 9.17) is 0 Å². The summed E-state index contributed by atoms with van der Waals surface area (Å²) in [6.07, 6.45) is 1.17. The monoisotopic (exact) mass is 321 g/mol. The Bertz CT molecular complexity index is 576. The van der Waals surface area contributed by atoms with E-state index in [0.717, 1.165) is 5.56 Å². The SMILES string of the molecule is Cc1ccc(OC(F)F)c(C(C)NCC(C)S(C)(=O)=O)c1. The summed E-state index contributed by atoms with van der Waals surface area (Å²) in [6.45, 7) is 2.57. The molecule has 0 fully saturated rings. The predicted molar refractivity (Wildman–Crippen MR) is 78.5 cm³/mol. The molecule has 0 saturated heterocycles. The van der Waals surface area contributed by atoms with Crippen molar-refractivity contribution < 1.29 is 21.9 Å². The Labute approximate surface area is 124 Å². The van der Waals surface area contributed by atoms with Crippen LogP contribution in [0.15, 0.2) is 18.2 Å². The topological polar surface area (TPSA) is 55.4 Å². The minimum Gasteiger partial charge on any atom is -0.434 e.